The molecular weight excluding hydrogens is 312 g/mol. The molecule has 9 nitrogen and oxygen atoms in total. The lowest BCUT2D eigenvalue weighted by Gasteiger charge is -2.01. The number of hydrogen-bond donors (Lipinski definition) is 1. The second kappa shape index (κ2) is 6.65. The number of fused-ring (bicyclic) bond motifs is 1. The van der Waals surface area contributed by atoms with Crippen molar-refractivity contribution in [2.24, 2.45) is 5.10 Å². The minimum Gasteiger partial charge on any atom is -0.271 e. The van der Waals surface area contributed by atoms with Gasteiger partial charge in [0.25, 0.3) is 11.6 Å². The third kappa shape index (κ3) is 3.40. The molecule has 0 spiro atoms. The second-order valence-electron chi connectivity index (χ2n) is 4.88. The van der Waals surface area contributed by atoms with E-state index in [4.69, 9.17) is 0 Å². The van der Waals surface area contributed by atoms with Crippen LogP contribution in [0.25, 0.3) is 11.0 Å². The van der Waals surface area contributed by atoms with Gasteiger partial charge in [-0.25, -0.2) is 10.1 Å². The molecule has 3 aromatic rings. The number of carbonyl (C=O) groups is 1. The average molecular weight is 324 g/mol. The van der Waals surface area contributed by atoms with Gasteiger partial charge in [0, 0.05) is 17.7 Å². The zero-order valence-electron chi connectivity index (χ0n) is 12.4. The van der Waals surface area contributed by atoms with Crippen LogP contribution in [0.3, 0.4) is 0 Å². The summed E-state index contributed by atoms with van der Waals surface area (Å²) in [6.45, 7) is -0.0349. The summed E-state index contributed by atoms with van der Waals surface area (Å²) >= 11 is 0. The van der Waals surface area contributed by atoms with E-state index in [1.807, 2.05) is 18.2 Å². The van der Waals surface area contributed by atoms with Crippen molar-refractivity contribution in [2.75, 3.05) is 0 Å². The summed E-state index contributed by atoms with van der Waals surface area (Å²) in [6.07, 6.45) is 1.34. The lowest BCUT2D eigenvalue weighted by atomic mass is 10.2. The number of amides is 1. The van der Waals surface area contributed by atoms with Crippen molar-refractivity contribution in [3.63, 3.8) is 0 Å². The topological polar surface area (TPSA) is 115 Å². The molecule has 0 saturated carbocycles. The van der Waals surface area contributed by atoms with Gasteiger partial charge in [0.2, 0.25) is 0 Å². The molecule has 0 atom stereocenters. The van der Waals surface area contributed by atoms with E-state index in [9.17, 15) is 14.9 Å². The van der Waals surface area contributed by atoms with E-state index in [1.165, 1.54) is 23.0 Å². The fourth-order valence-electron chi connectivity index (χ4n) is 2.10. The van der Waals surface area contributed by atoms with E-state index in [0.717, 1.165) is 5.52 Å². The first-order valence-electron chi connectivity index (χ1n) is 6.98. The van der Waals surface area contributed by atoms with Crippen LogP contribution >= 0.6 is 0 Å². The summed E-state index contributed by atoms with van der Waals surface area (Å²) in [4.78, 5) is 22.1. The van der Waals surface area contributed by atoms with Gasteiger partial charge in [-0.2, -0.15) is 5.10 Å². The molecule has 0 radical (unpaired) electrons. The number of para-hydroxylation sites is 1. The van der Waals surface area contributed by atoms with Crippen LogP contribution in [0.4, 0.5) is 5.69 Å². The number of nitrogens with one attached hydrogen (secondary N) is 1. The Bertz CT molecular complexity index is 934. The highest BCUT2D eigenvalue weighted by Gasteiger charge is 2.08. The normalized spacial score (nSPS) is 11.0. The number of hydrogen-bond acceptors (Lipinski definition) is 6. The number of hydrazone groups is 1. The third-order valence-electron chi connectivity index (χ3n) is 3.20. The Morgan fingerprint density at radius 2 is 2.12 bits per heavy atom. The van der Waals surface area contributed by atoms with Gasteiger partial charge in [-0.3, -0.25) is 14.9 Å². The Kier molecular flexibility index (Phi) is 4.23. The molecule has 24 heavy (non-hydrogen) atoms. The van der Waals surface area contributed by atoms with Crippen molar-refractivity contribution in [3.05, 3.63) is 64.2 Å². The van der Waals surface area contributed by atoms with Gasteiger partial charge in [0.05, 0.1) is 16.7 Å². The highest BCUT2D eigenvalue weighted by Crippen LogP contribution is 2.11. The minimum absolute atomic E-state index is 0.0349. The monoisotopic (exact) mass is 324 g/mol. The van der Waals surface area contributed by atoms with Crippen LogP contribution in [0.15, 0.2) is 53.6 Å². The number of nitro groups is 1. The van der Waals surface area contributed by atoms with Crippen molar-refractivity contribution >= 4 is 28.8 Å². The maximum absolute atomic E-state index is 11.9. The quantitative estimate of drug-likeness (QED) is 0.434. The van der Waals surface area contributed by atoms with Crippen LogP contribution in [-0.2, 0) is 11.3 Å². The van der Waals surface area contributed by atoms with Crippen molar-refractivity contribution in [1.29, 1.82) is 0 Å². The van der Waals surface area contributed by atoms with E-state index in [1.54, 1.807) is 18.2 Å². The van der Waals surface area contributed by atoms with Crippen LogP contribution in [0, 0.1) is 10.1 Å². The zero-order valence-corrected chi connectivity index (χ0v) is 12.4. The largest absolute Gasteiger partial charge is 0.271 e. The Morgan fingerprint density at radius 3 is 2.96 bits per heavy atom. The zero-order chi connectivity index (χ0) is 16.9. The van der Waals surface area contributed by atoms with E-state index in [0.29, 0.717) is 11.1 Å². The lowest BCUT2D eigenvalue weighted by Crippen LogP contribution is -2.23. The third-order valence-corrected chi connectivity index (χ3v) is 3.20. The first kappa shape index (κ1) is 15.3. The van der Waals surface area contributed by atoms with Gasteiger partial charge in [-0.1, -0.05) is 29.5 Å². The van der Waals surface area contributed by atoms with Crippen LogP contribution in [0.2, 0.25) is 0 Å². The Hall–Kier alpha value is -3.62. The maximum atomic E-state index is 11.9. The molecule has 0 bridgehead atoms. The molecule has 0 fully saturated rings. The standard InChI is InChI=1S/C15H12N6O3/c22-15(10-20-14-7-2-1-6-13(14)17-19-20)18-16-9-11-4-3-5-12(8-11)21(23)24/h1-9H,10H2,(H,18,22)/b16-9-. The molecule has 0 aliphatic rings. The second-order valence-corrected chi connectivity index (χ2v) is 4.88. The van der Waals surface area contributed by atoms with Gasteiger partial charge in [-0.05, 0) is 12.1 Å². The summed E-state index contributed by atoms with van der Waals surface area (Å²) < 4.78 is 1.47. The summed E-state index contributed by atoms with van der Waals surface area (Å²) in [7, 11) is 0. The number of nitro benzene ring substituents is 1. The lowest BCUT2D eigenvalue weighted by molar-refractivity contribution is -0.384. The van der Waals surface area contributed by atoms with E-state index in [-0.39, 0.29) is 18.1 Å². The molecule has 2 aromatic carbocycles. The number of aromatic nitrogens is 3. The molecule has 0 aliphatic carbocycles. The average Bonchev–Trinajstić information content (AvgIpc) is 2.98. The number of rotatable bonds is 5. The molecule has 3 rings (SSSR count). The Balaban J connectivity index is 1.63. The highest BCUT2D eigenvalue weighted by molar-refractivity contribution is 5.83. The molecule has 0 aliphatic heterocycles. The molecule has 1 heterocycles. The molecule has 120 valence electrons. The number of benzene rings is 2. The van der Waals surface area contributed by atoms with Crippen LogP contribution in [0.5, 0.6) is 0 Å². The summed E-state index contributed by atoms with van der Waals surface area (Å²) in [5.41, 5.74) is 4.27. The van der Waals surface area contributed by atoms with E-state index < -0.39 is 4.92 Å². The summed E-state index contributed by atoms with van der Waals surface area (Å²) in [5.74, 6) is -0.382. The Labute approximate surface area is 135 Å². The van der Waals surface area contributed by atoms with Crippen molar-refractivity contribution in [1.82, 2.24) is 20.4 Å². The van der Waals surface area contributed by atoms with E-state index in [2.05, 4.69) is 20.8 Å². The fourth-order valence-corrected chi connectivity index (χ4v) is 2.10. The van der Waals surface area contributed by atoms with Gasteiger partial charge in [0.15, 0.2) is 0 Å². The number of nitrogens with zero attached hydrogens (tertiary/aromatic N) is 5. The smallest absolute Gasteiger partial charge is 0.270 e. The number of non-ortho nitro benzene ring substituents is 1. The minimum atomic E-state index is -0.494. The summed E-state index contributed by atoms with van der Waals surface area (Å²) in [5, 5.41) is 22.4. The van der Waals surface area contributed by atoms with Gasteiger partial charge >= 0.3 is 0 Å². The molecular formula is C15H12N6O3. The molecule has 1 amide bonds. The van der Waals surface area contributed by atoms with Crippen molar-refractivity contribution < 1.29 is 9.72 Å². The van der Waals surface area contributed by atoms with Gasteiger partial charge in [0.1, 0.15) is 12.1 Å². The molecule has 1 aromatic heterocycles. The van der Waals surface area contributed by atoms with Crippen molar-refractivity contribution in [2.45, 2.75) is 6.54 Å². The molecule has 9 heteroatoms. The van der Waals surface area contributed by atoms with E-state index >= 15 is 0 Å². The molecule has 1 N–H and O–H groups in total. The predicted octanol–water partition coefficient (Wildman–Crippen LogP) is 1.49. The molecule has 0 saturated heterocycles. The first-order chi connectivity index (χ1) is 11.6. The van der Waals surface area contributed by atoms with Crippen LogP contribution in [-0.4, -0.2) is 32.0 Å². The summed E-state index contributed by atoms with van der Waals surface area (Å²) in [6, 6.07) is 13.2. The fraction of sp³-hybridized carbons (Fsp3) is 0.0667. The van der Waals surface area contributed by atoms with Gasteiger partial charge < -0.3 is 0 Å². The van der Waals surface area contributed by atoms with Gasteiger partial charge in [-0.15, -0.1) is 5.10 Å². The van der Waals surface area contributed by atoms with Crippen LogP contribution < -0.4 is 5.43 Å². The maximum Gasteiger partial charge on any atom is 0.270 e. The Morgan fingerprint density at radius 1 is 1.29 bits per heavy atom. The number of carbonyl (C=O) groups excluding carboxylic acids is 1. The highest BCUT2D eigenvalue weighted by atomic mass is 16.6. The van der Waals surface area contributed by atoms with Crippen molar-refractivity contribution in [3.8, 4) is 0 Å². The predicted molar refractivity (Wildman–Crippen MR) is 86.4 cm³/mol. The SMILES string of the molecule is O=C(Cn1nnc2ccccc21)N/N=C\c1cccc([N+](=O)[O-])c1. The molecule has 0 unspecified atom stereocenters. The first-order valence-corrected chi connectivity index (χ1v) is 6.98. The van der Waals surface area contributed by atoms with Crippen LogP contribution in [0.1, 0.15) is 5.56 Å².